The third kappa shape index (κ3) is 4.75. The molecule has 2 aromatic rings. The van der Waals surface area contributed by atoms with Gasteiger partial charge >= 0.3 is 0 Å². The third-order valence-electron chi connectivity index (χ3n) is 4.38. The van der Waals surface area contributed by atoms with Crippen LogP contribution in [-0.2, 0) is 11.3 Å². The van der Waals surface area contributed by atoms with E-state index in [-0.39, 0.29) is 6.61 Å². The molecule has 0 aliphatic rings. The molecule has 24 heavy (non-hydrogen) atoms. The molecule has 0 heterocycles. The van der Waals surface area contributed by atoms with Crippen LogP contribution in [0, 0.1) is 0 Å². The minimum Gasteiger partial charge on any atom is -0.393 e. The molecule has 0 spiro atoms. The number of ether oxygens (including phenoxy) is 1. The summed E-state index contributed by atoms with van der Waals surface area (Å²) in [6, 6.07) is 19.3. The van der Waals surface area contributed by atoms with Gasteiger partial charge in [0.15, 0.2) is 0 Å². The van der Waals surface area contributed by atoms with Crippen LogP contribution in [0.2, 0.25) is 13.1 Å². The summed E-state index contributed by atoms with van der Waals surface area (Å²) in [6.07, 6.45) is -2.36. The molecule has 4 nitrogen and oxygen atoms in total. The van der Waals surface area contributed by atoms with E-state index in [1.165, 1.54) is 0 Å². The first-order valence-electron chi connectivity index (χ1n) is 8.14. The van der Waals surface area contributed by atoms with Gasteiger partial charge in [0.25, 0.3) is 0 Å². The molecule has 0 bridgehead atoms. The first-order chi connectivity index (χ1) is 11.4. The summed E-state index contributed by atoms with van der Waals surface area (Å²) < 4.78 is 5.47. The van der Waals surface area contributed by atoms with Crippen molar-refractivity contribution in [1.82, 2.24) is 0 Å². The smallest absolute Gasteiger partial charge is 0.116 e. The summed E-state index contributed by atoms with van der Waals surface area (Å²) in [7, 11) is -2.32. The van der Waals surface area contributed by atoms with E-state index >= 15 is 0 Å². The van der Waals surface area contributed by atoms with E-state index in [1.807, 2.05) is 73.8 Å². The Morgan fingerprint density at radius 3 is 2.00 bits per heavy atom. The zero-order valence-corrected chi connectivity index (χ0v) is 15.2. The highest BCUT2D eigenvalue weighted by Crippen LogP contribution is 2.15. The predicted octanol–water partition coefficient (Wildman–Crippen LogP) is 1.44. The van der Waals surface area contributed by atoms with Crippen LogP contribution in [0.3, 0.4) is 0 Å². The Hall–Kier alpha value is -1.50. The molecular formula is C19H26O4Si. The van der Waals surface area contributed by atoms with Crippen LogP contribution in [0.4, 0.5) is 0 Å². The molecule has 0 aliphatic carbocycles. The number of benzene rings is 2. The van der Waals surface area contributed by atoms with Crippen molar-refractivity contribution in [3.8, 4) is 0 Å². The molecule has 2 rings (SSSR count). The van der Waals surface area contributed by atoms with Gasteiger partial charge in [-0.2, -0.15) is 0 Å². The summed E-state index contributed by atoms with van der Waals surface area (Å²) in [5, 5.41) is 32.1. The molecular weight excluding hydrogens is 320 g/mol. The predicted molar refractivity (Wildman–Crippen MR) is 97.7 cm³/mol. The van der Waals surface area contributed by atoms with Crippen LogP contribution in [0.25, 0.3) is 0 Å². The van der Waals surface area contributed by atoms with Gasteiger partial charge in [-0.1, -0.05) is 78.9 Å². The van der Waals surface area contributed by atoms with Gasteiger partial charge in [-0.05, 0) is 5.56 Å². The monoisotopic (exact) mass is 346 g/mol. The SMILES string of the molecule is C[Si](C)(c1ccccc1)[C@@H](O)[C@@H](O)[C@H](O)COCc1ccccc1. The maximum atomic E-state index is 10.6. The maximum absolute atomic E-state index is 10.6. The highest BCUT2D eigenvalue weighted by molar-refractivity contribution is 6.90. The van der Waals surface area contributed by atoms with Crippen LogP contribution in [0.5, 0.6) is 0 Å². The van der Waals surface area contributed by atoms with Gasteiger partial charge < -0.3 is 20.1 Å². The van der Waals surface area contributed by atoms with Crippen molar-refractivity contribution >= 4 is 13.3 Å². The second-order valence-electron chi connectivity index (χ2n) is 6.59. The molecule has 0 aliphatic heterocycles. The molecule has 0 saturated carbocycles. The van der Waals surface area contributed by atoms with Crippen LogP contribution in [-0.4, -0.2) is 47.9 Å². The Bertz CT molecular complexity index is 603. The average molecular weight is 346 g/mol. The number of hydrogen-bond acceptors (Lipinski definition) is 4. The summed E-state index contributed by atoms with van der Waals surface area (Å²) >= 11 is 0. The molecule has 0 saturated heterocycles. The van der Waals surface area contributed by atoms with Crippen molar-refractivity contribution in [1.29, 1.82) is 0 Å². The number of hydrogen-bond donors (Lipinski definition) is 3. The zero-order chi connectivity index (χ0) is 17.6. The van der Waals surface area contributed by atoms with Gasteiger partial charge in [0.1, 0.15) is 20.3 Å². The van der Waals surface area contributed by atoms with E-state index in [0.29, 0.717) is 6.61 Å². The van der Waals surface area contributed by atoms with Crippen molar-refractivity contribution in [3.63, 3.8) is 0 Å². The van der Waals surface area contributed by atoms with E-state index in [2.05, 4.69) is 0 Å². The Labute approximate surface area is 144 Å². The molecule has 130 valence electrons. The van der Waals surface area contributed by atoms with Crippen LogP contribution in [0.1, 0.15) is 5.56 Å². The minimum atomic E-state index is -2.32. The third-order valence-corrected chi connectivity index (χ3v) is 8.02. The normalized spacial score (nSPS) is 15.7. The fraction of sp³-hybridized carbons (Fsp3) is 0.368. The molecule has 2 aromatic carbocycles. The Balaban J connectivity index is 1.90. The van der Waals surface area contributed by atoms with Gasteiger partial charge in [-0.15, -0.1) is 0 Å². The van der Waals surface area contributed by atoms with Crippen LogP contribution in [0.15, 0.2) is 60.7 Å². The lowest BCUT2D eigenvalue weighted by Crippen LogP contribution is -2.60. The van der Waals surface area contributed by atoms with Crippen LogP contribution >= 0.6 is 0 Å². The highest BCUT2D eigenvalue weighted by Gasteiger charge is 2.39. The number of rotatable bonds is 8. The molecule has 5 heteroatoms. The topological polar surface area (TPSA) is 69.9 Å². The molecule has 3 atom stereocenters. The first-order valence-corrected chi connectivity index (χ1v) is 11.2. The van der Waals surface area contributed by atoms with Gasteiger partial charge in [-0.3, -0.25) is 0 Å². The Kier molecular flexibility index (Phi) is 6.71. The summed E-state index contributed by atoms with van der Waals surface area (Å²) in [5.74, 6) is 0. The quantitative estimate of drug-likeness (QED) is 0.633. The van der Waals surface area contributed by atoms with Gasteiger partial charge in [0, 0.05) is 0 Å². The first kappa shape index (κ1) is 18.8. The molecule has 3 N–H and O–H groups in total. The fourth-order valence-electron chi connectivity index (χ4n) is 2.65. The van der Waals surface area contributed by atoms with Gasteiger partial charge in [-0.25, -0.2) is 0 Å². The van der Waals surface area contributed by atoms with Crippen molar-refractivity contribution in [2.75, 3.05) is 6.61 Å². The molecule has 0 amide bonds. The van der Waals surface area contributed by atoms with E-state index in [9.17, 15) is 15.3 Å². The molecule has 0 radical (unpaired) electrons. The summed E-state index contributed by atoms with van der Waals surface area (Å²) in [6.45, 7) is 4.30. The lowest BCUT2D eigenvalue weighted by molar-refractivity contribution is -0.0722. The highest BCUT2D eigenvalue weighted by atomic mass is 28.3. The van der Waals surface area contributed by atoms with E-state index in [1.54, 1.807) is 0 Å². The lowest BCUT2D eigenvalue weighted by Gasteiger charge is -2.34. The van der Waals surface area contributed by atoms with Crippen molar-refractivity contribution in [3.05, 3.63) is 66.2 Å². The zero-order valence-electron chi connectivity index (χ0n) is 14.2. The van der Waals surface area contributed by atoms with Crippen molar-refractivity contribution in [2.45, 2.75) is 37.6 Å². The largest absolute Gasteiger partial charge is 0.393 e. The van der Waals surface area contributed by atoms with E-state index in [0.717, 1.165) is 10.8 Å². The second-order valence-corrected chi connectivity index (χ2v) is 11.2. The number of aliphatic hydroxyl groups excluding tert-OH is 3. The fourth-order valence-corrected chi connectivity index (χ4v) is 5.12. The summed E-state index contributed by atoms with van der Waals surface area (Å²) in [4.78, 5) is 0. The van der Waals surface area contributed by atoms with Gasteiger partial charge in [0.05, 0.1) is 18.9 Å². The summed E-state index contributed by atoms with van der Waals surface area (Å²) in [5.41, 5.74) is 0.0222. The second kappa shape index (κ2) is 8.55. The van der Waals surface area contributed by atoms with Gasteiger partial charge in [0.2, 0.25) is 0 Å². The van der Waals surface area contributed by atoms with Crippen LogP contribution < -0.4 is 5.19 Å². The average Bonchev–Trinajstić information content (AvgIpc) is 2.62. The Morgan fingerprint density at radius 2 is 1.42 bits per heavy atom. The van der Waals surface area contributed by atoms with E-state index in [4.69, 9.17) is 4.74 Å². The Morgan fingerprint density at radius 1 is 0.875 bits per heavy atom. The lowest BCUT2D eigenvalue weighted by atomic mass is 10.2. The standard InChI is InChI=1S/C19H26O4Si/c1-24(2,16-11-7-4-8-12-16)19(22)18(21)17(20)14-23-13-15-9-5-3-6-10-15/h3-12,17-22H,13-14H2,1-2H3/t17-,18+,19-/m1/s1. The molecule has 0 aromatic heterocycles. The minimum absolute atomic E-state index is 0.0214. The van der Waals surface area contributed by atoms with Crippen molar-refractivity contribution < 1.29 is 20.1 Å². The number of aliphatic hydroxyl groups is 3. The van der Waals surface area contributed by atoms with E-state index < -0.39 is 26.0 Å². The van der Waals surface area contributed by atoms with Crippen molar-refractivity contribution in [2.24, 2.45) is 0 Å². The maximum Gasteiger partial charge on any atom is 0.116 e. The molecule has 0 unspecified atom stereocenters. The molecule has 0 fully saturated rings.